The Labute approximate surface area is 114 Å². The molecule has 0 heterocycles. The van der Waals surface area contributed by atoms with Gasteiger partial charge in [-0.3, -0.25) is 0 Å². The van der Waals surface area contributed by atoms with Crippen LogP contribution in [0.25, 0.3) is 0 Å². The average Bonchev–Trinajstić information content (AvgIpc) is 2.38. The maximum atomic E-state index is 13.2. The third-order valence-electron chi connectivity index (χ3n) is 4.64. The van der Waals surface area contributed by atoms with Crippen molar-refractivity contribution in [2.75, 3.05) is 6.54 Å². The molecule has 1 aliphatic rings. The predicted octanol–water partition coefficient (Wildman–Crippen LogP) is 3.32. The Hall–Kier alpha value is -0.930. The summed E-state index contributed by atoms with van der Waals surface area (Å²) in [6.07, 6.45) is 3.61. The molecule has 1 fully saturated rings. The SMILES string of the molecule is Cc1cc(F)ccc1C(O)C1(CN)CCCC(C)C1. The van der Waals surface area contributed by atoms with Gasteiger partial charge in [-0.15, -0.1) is 0 Å². The van der Waals surface area contributed by atoms with Gasteiger partial charge in [0.05, 0.1) is 6.10 Å². The number of halogens is 1. The van der Waals surface area contributed by atoms with E-state index in [0.29, 0.717) is 12.5 Å². The van der Waals surface area contributed by atoms with Crippen molar-refractivity contribution < 1.29 is 9.50 Å². The highest BCUT2D eigenvalue weighted by Gasteiger charge is 2.41. The summed E-state index contributed by atoms with van der Waals surface area (Å²) in [7, 11) is 0. The predicted molar refractivity (Wildman–Crippen MR) is 75.2 cm³/mol. The minimum absolute atomic E-state index is 0.250. The Kier molecular flexibility index (Phi) is 4.26. The fourth-order valence-electron chi connectivity index (χ4n) is 3.52. The molecular weight excluding hydrogens is 241 g/mol. The molecule has 0 bridgehead atoms. The minimum Gasteiger partial charge on any atom is -0.388 e. The molecule has 1 saturated carbocycles. The van der Waals surface area contributed by atoms with Gasteiger partial charge in [-0.2, -0.15) is 0 Å². The van der Waals surface area contributed by atoms with Crippen molar-refractivity contribution in [1.82, 2.24) is 0 Å². The largest absolute Gasteiger partial charge is 0.388 e. The molecule has 2 nitrogen and oxygen atoms in total. The van der Waals surface area contributed by atoms with E-state index in [1.807, 2.05) is 6.92 Å². The van der Waals surface area contributed by atoms with Crippen LogP contribution in [0.1, 0.15) is 49.8 Å². The summed E-state index contributed by atoms with van der Waals surface area (Å²) < 4.78 is 13.2. The van der Waals surface area contributed by atoms with Crippen molar-refractivity contribution in [3.63, 3.8) is 0 Å². The molecule has 19 heavy (non-hydrogen) atoms. The monoisotopic (exact) mass is 265 g/mol. The average molecular weight is 265 g/mol. The molecule has 0 radical (unpaired) electrons. The van der Waals surface area contributed by atoms with Gasteiger partial charge in [0.25, 0.3) is 0 Å². The molecule has 0 saturated heterocycles. The lowest BCUT2D eigenvalue weighted by molar-refractivity contribution is -0.0134. The van der Waals surface area contributed by atoms with Crippen molar-refractivity contribution in [2.24, 2.45) is 17.1 Å². The fourth-order valence-corrected chi connectivity index (χ4v) is 3.52. The summed E-state index contributed by atoms with van der Waals surface area (Å²) in [5.74, 6) is 0.333. The number of aryl methyl sites for hydroxylation is 1. The Bertz CT molecular complexity index is 448. The third kappa shape index (κ3) is 2.82. The highest BCUT2D eigenvalue weighted by atomic mass is 19.1. The summed E-state index contributed by atoms with van der Waals surface area (Å²) in [6.45, 7) is 4.54. The molecule has 0 aliphatic heterocycles. The zero-order chi connectivity index (χ0) is 14.0. The van der Waals surface area contributed by atoms with Gasteiger partial charge in [-0.1, -0.05) is 25.8 Å². The van der Waals surface area contributed by atoms with E-state index in [1.54, 1.807) is 6.07 Å². The van der Waals surface area contributed by atoms with E-state index in [9.17, 15) is 9.50 Å². The molecule has 3 heteroatoms. The summed E-state index contributed by atoms with van der Waals surface area (Å²) in [5, 5.41) is 10.8. The van der Waals surface area contributed by atoms with E-state index in [4.69, 9.17) is 5.73 Å². The highest BCUT2D eigenvalue weighted by Crippen LogP contribution is 2.47. The van der Waals surface area contributed by atoms with Gasteiger partial charge < -0.3 is 10.8 Å². The van der Waals surface area contributed by atoms with Crippen LogP contribution >= 0.6 is 0 Å². The molecular formula is C16H24FNO. The van der Waals surface area contributed by atoms with Crippen molar-refractivity contribution in [3.8, 4) is 0 Å². The maximum Gasteiger partial charge on any atom is 0.123 e. The van der Waals surface area contributed by atoms with Gasteiger partial charge in [-0.05, 0) is 48.9 Å². The van der Waals surface area contributed by atoms with Gasteiger partial charge in [0.15, 0.2) is 0 Å². The molecule has 3 N–H and O–H groups in total. The number of benzene rings is 1. The van der Waals surface area contributed by atoms with Crippen molar-refractivity contribution in [1.29, 1.82) is 0 Å². The van der Waals surface area contributed by atoms with E-state index in [0.717, 1.165) is 30.4 Å². The van der Waals surface area contributed by atoms with Crippen molar-refractivity contribution in [3.05, 3.63) is 35.1 Å². The van der Waals surface area contributed by atoms with Crippen LogP contribution in [-0.4, -0.2) is 11.7 Å². The Morgan fingerprint density at radius 3 is 2.84 bits per heavy atom. The summed E-state index contributed by atoms with van der Waals surface area (Å²) in [6, 6.07) is 4.60. The molecule has 0 aromatic heterocycles. The number of rotatable bonds is 3. The quantitative estimate of drug-likeness (QED) is 0.880. The first kappa shape index (κ1) is 14.5. The second-order valence-electron chi connectivity index (χ2n) is 6.17. The van der Waals surface area contributed by atoms with Crippen LogP contribution in [0.4, 0.5) is 4.39 Å². The van der Waals surface area contributed by atoms with Crippen LogP contribution in [0.15, 0.2) is 18.2 Å². The number of hydrogen-bond donors (Lipinski definition) is 2. The number of nitrogens with two attached hydrogens (primary N) is 1. The second-order valence-corrected chi connectivity index (χ2v) is 6.17. The lowest BCUT2D eigenvalue weighted by atomic mass is 9.65. The molecule has 1 aliphatic carbocycles. The first-order valence-electron chi connectivity index (χ1n) is 7.13. The van der Waals surface area contributed by atoms with E-state index < -0.39 is 6.10 Å². The van der Waals surface area contributed by atoms with Crippen LogP contribution < -0.4 is 5.73 Å². The van der Waals surface area contributed by atoms with E-state index >= 15 is 0 Å². The summed E-state index contributed by atoms with van der Waals surface area (Å²) >= 11 is 0. The maximum absolute atomic E-state index is 13.2. The summed E-state index contributed by atoms with van der Waals surface area (Å²) in [4.78, 5) is 0. The van der Waals surface area contributed by atoms with Crippen molar-refractivity contribution >= 4 is 0 Å². The molecule has 1 aromatic carbocycles. The molecule has 0 amide bonds. The normalized spacial score (nSPS) is 29.2. The van der Waals surface area contributed by atoms with Crippen LogP contribution in [0.3, 0.4) is 0 Å². The lowest BCUT2D eigenvalue weighted by Gasteiger charge is -2.43. The number of hydrogen-bond acceptors (Lipinski definition) is 2. The lowest BCUT2D eigenvalue weighted by Crippen LogP contribution is -2.40. The number of aliphatic hydroxyl groups is 1. The fraction of sp³-hybridized carbons (Fsp3) is 0.625. The third-order valence-corrected chi connectivity index (χ3v) is 4.64. The van der Waals surface area contributed by atoms with E-state index in [2.05, 4.69) is 6.92 Å². The Morgan fingerprint density at radius 1 is 1.53 bits per heavy atom. The van der Waals surface area contributed by atoms with Gasteiger partial charge >= 0.3 is 0 Å². The zero-order valence-electron chi connectivity index (χ0n) is 11.8. The standard InChI is InChI=1S/C16H24FNO/c1-11-4-3-7-16(9-11,10-18)15(19)14-6-5-13(17)8-12(14)2/h5-6,8,11,15,19H,3-4,7,9-10,18H2,1-2H3. The summed E-state index contributed by atoms with van der Waals surface area (Å²) in [5.41, 5.74) is 7.36. The van der Waals surface area contributed by atoms with Crippen LogP contribution in [0.2, 0.25) is 0 Å². The van der Waals surface area contributed by atoms with Gasteiger partial charge in [0, 0.05) is 12.0 Å². The molecule has 2 rings (SSSR count). The zero-order valence-corrected chi connectivity index (χ0v) is 11.8. The van der Waals surface area contributed by atoms with Gasteiger partial charge in [0.2, 0.25) is 0 Å². The van der Waals surface area contributed by atoms with Gasteiger partial charge in [0.1, 0.15) is 5.82 Å². The first-order chi connectivity index (χ1) is 8.98. The minimum atomic E-state index is -0.596. The van der Waals surface area contributed by atoms with Gasteiger partial charge in [-0.25, -0.2) is 4.39 Å². The second kappa shape index (κ2) is 5.59. The smallest absolute Gasteiger partial charge is 0.123 e. The Balaban J connectivity index is 2.32. The van der Waals surface area contributed by atoms with Crippen LogP contribution in [0, 0.1) is 24.1 Å². The number of aliphatic hydroxyl groups excluding tert-OH is 1. The van der Waals surface area contributed by atoms with Crippen LogP contribution in [-0.2, 0) is 0 Å². The molecule has 106 valence electrons. The molecule has 3 unspecified atom stereocenters. The topological polar surface area (TPSA) is 46.2 Å². The van der Waals surface area contributed by atoms with Crippen molar-refractivity contribution in [2.45, 2.75) is 45.6 Å². The molecule has 0 spiro atoms. The Morgan fingerprint density at radius 2 is 2.26 bits per heavy atom. The molecule has 3 atom stereocenters. The molecule has 1 aromatic rings. The first-order valence-corrected chi connectivity index (χ1v) is 7.13. The highest BCUT2D eigenvalue weighted by molar-refractivity contribution is 5.30. The van der Waals surface area contributed by atoms with E-state index in [1.165, 1.54) is 18.6 Å². The van der Waals surface area contributed by atoms with Crippen LogP contribution in [0.5, 0.6) is 0 Å². The van der Waals surface area contributed by atoms with E-state index in [-0.39, 0.29) is 11.2 Å².